The third-order valence-electron chi connectivity index (χ3n) is 4.69. The van der Waals surface area contributed by atoms with Gasteiger partial charge >= 0.3 is 0 Å². The fourth-order valence-corrected chi connectivity index (χ4v) is 4.56. The van der Waals surface area contributed by atoms with Crippen LogP contribution in [0.1, 0.15) is 27.0 Å². The van der Waals surface area contributed by atoms with Crippen LogP contribution in [0.5, 0.6) is 0 Å². The Morgan fingerprint density at radius 3 is 2.17 bits per heavy atom. The molecule has 0 radical (unpaired) electrons. The molecule has 0 aromatic heterocycles. The van der Waals surface area contributed by atoms with Gasteiger partial charge in [0, 0.05) is 18.3 Å². The summed E-state index contributed by atoms with van der Waals surface area (Å²) in [4.78, 5) is 12.8. The van der Waals surface area contributed by atoms with Gasteiger partial charge in [0.2, 0.25) is 0 Å². The molecule has 3 aromatic carbocycles. The Balaban J connectivity index is 1.90. The molecule has 0 saturated heterocycles. The standard InChI is InChI=1S/C23H24N2O3S/c1-16-12-17(2)14-20(13-16)24-23(26)19-9-7-10-21(15-19)29(27,28)25(4)22-11-6-5-8-18(22)3/h5-15H,1-4H3,(H,24,26). The van der Waals surface area contributed by atoms with Gasteiger partial charge < -0.3 is 5.32 Å². The van der Waals surface area contributed by atoms with E-state index in [4.69, 9.17) is 0 Å². The molecule has 3 aromatic rings. The Kier molecular flexibility index (Phi) is 5.75. The normalized spacial score (nSPS) is 11.2. The number of carbonyl (C=O) groups is 1. The molecule has 0 saturated carbocycles. The molecule has 29 heavy (non-hydrogen) atoms. The van der Waals surface area contributed by atoms with Crippen LogP contribution in [0.15, 0.2) is 71.6 Å². The molecule has 0 atom stereocenters. The highest BCUT2D eigenvalue weighted by molar-refractivity contribution is 7.92. The number of anilines is 2. The van der Waals surface area contributed by atoms with Gasteiger partial charge in [0.1, 0.15) is 0 Å². The fraction of sp³-hybridized carbons (Fsp3) is 0.174. The van der Waals surface area contributed by atoms with Gasteiger partial charge in [-0.3, -0.25) is 9.10 Å². The van der Waals surface area contributed by atoms with Crippen LogP contribution >= 0.6 is 0 Å². The smallest absolute Gasteiger partial charge is 0.264 e. The molecule has 0 spiro atoms. The summed E-state index contributed by atoms with van der Waals surface area (Å²) in [5.41, 5.74) is 4.48. The molecule has 0 bridgehead atoms. The first-order valence-corrected chi connectivity index (χ1v) is 10.7. The predicted octanol–water partition coefficient (Wildman–Crippen LogP) is 4.69. The lowest BCUT2D eigenvalue weighted by Crippen LogP contribution is -2.27. The Hall–Kier alpha value is -3.12. The molecule has 0 fully saturated rings. The zero-order chi connectivity index (χ0) is 21.2. The highest BCUT2D eigenvalue weighted by Crippen LogP contribution is 2.25. The molecule has 150 valence electrons. The van der Waals surface area contributed by atoms with Gasteiger partial charge in [-0.15, -0.1) is 0 Å². The molecule has 0 aliphatic heterocycles. The van der Waals surface area contributed by atoms with Crippen molar-refractivity contribution in [3.05, 3.63) is 89.0 Å². The van der Waals surface area contributed by atoms with Crippen molar-refractivity contribution in [1.29, 1.82) is 0 Å². The molecule has 0 aliphatic carbocycles. The van der Waals surface area contributed by atoms with E-state index in [1.165, 1.54) is 23.5 Å². The quantitative estimate of drug-likeness (QED) is 0.666. The third kappa shape index (κ3) is 4.49. The Morgan fingerprint density at radius 1 is 0.862 bits per heavy atom. The number of hydrogen-bond donors (Lipinski definition) is 1. The van der Waals surface area contributed by atoms with Crippen molar-refractivity contribution in [3.63, 3.8) is 0 Å². The van der Waals surface area contributed by atoms with Gasteiger partial charge in [0.25, 0.3) is 15.9 Å². The van der Waals surface area contributed by atoms with Gasteiger partial charge in [-0.2, -0.15) is 0 Å². The molecular weight excluding hydrogens is 384 g/mol. The minimum atomic E-state index is -3.80. The molecule has 0 aliphatic rings. The summed E-state index contributed by atoms with van der Waals surface area (Å²) in [5, 5.41) is 2.84. The Bertz CT molecular complexity index is 1150. The SMILES string of the molecule is Cc1cc(C)cc(NC(=O)c2cccc(S(=O)(=O)N(C)c3ccccc3C)c2)c1. The highest BCUT2D eigenvalue weighted by Gasteiger charge is 2.23. The van der Waals surface area contributed by atoms with E-state index in [0.29, 0.717) is 11.4 Å². The molecule has 0 heterocycles. The van der Waals surface area contributed by atoms with Crippen LogP contribution in [0.4, 0.5) is 11.4 Å². The van der Waals surface area contributed by atoms with E-state index in [9.17, 15) is 13.2 Å². The number of hydrogen-bond acceptors (Lipinski definition) is 3. The summed E-state index contributed by atoms with van der Waals surface area (Å²) in [6.07, 6.45) is 0. The van der Waals surface area contributed by atoms with Crippen molar-refractivity contribution >= 4 is 27.3 Å². The second kappa shape index (κ2) is 8.09. The van der Waals surface area contributed by atoms with Gasteiger partial charge in [-0.05, 0) is 73.9 Å². The number of amides is 1. The molecule has 0 unspecified atom stereocenters. The number of benzene rings is 3. The summed E-state index contributed by atoms with van der Waals surface area (Å²) >= 11 is 0. The van der Waals surface area contributed by atoms with E-state index in [2.05, 4.69) is 5.32 Å². The number of para-hydroxylation sites is 1. The lowest BCUT2D eigenvalue weighted by molar-refractivity contribution is 0.102. The molecule has 6 heteroatoms. The van der Waals surface area contributed by atoms with Gasteiger partial charge in [-0.1, -0.05) is 30.3 Å². The first kappa shape index (κ1) is 20.6. The lowest BCUT2D eigenvalue weighted by Gasteiger charge is -2.21. The minimum absolute atomic E-state index is 0.0660. The van der Waals surface area contributed by atoms with Crippen LogP contribution in [0.2, 0.25) is 0 Å². The van der Waals surface area contributed by atoms with E-state index >= 15 is 0 Å². The lowest BCUT2D eigenvalue weighted by atomic mass is 10.1. The summed E-state index contributed by atoms with van der Waals surface area (Å²) in [7, 11) is -2.29. The molecule has 1 amide bonds. The largest absolute Gasteiger partial charge is 0.322 e. The number of nitrogens with zero attached hydrogens (tertiary/aromatic N) is 1. The number of carbonyl (C=O) groups excluding carboxylic acids is 1. The van der Waals surface area contributed by atoms with Crippen molar-refractivity contribution in [2.24, 2.45) is 0 Å². The van der Waals surface area contributed by atoms with Gasteiger partial charge in [0.15, 0.2) is 0 Å². The monoisotopic (exact) mass is 408 g/mol. The zero-order valence-corrected chi connectivity index (χ0v) is 17.7. The molecule has 3 rings (SSSR count). The van der Waals surface area contributed by atoms with Crippen LogP contribution in [0.3, 0.4) is 0 Å². The topological polar surface area (TPSA) is 66.5 Å². The van der Waals surface area contributed by atoms with Crippen molar-refractivity contribution in [2.75, 3.05) is 16.7 Å². The van der Waals surface area contributed by atoms with Gasteiger partial charge in [0.05, 0.1) is 10.6 Å². The van der Waals surface area contributed by atoms with Gasteiger partial charge in [-0.25, -0.2) is 8.42 Å². The fourth-order valence-electron chi connectivity index (χ4n) is 3.25. The Labute approximate surface area is 172 Å². The van der Waals surface area contributed by atoms with Crippen molar-refractivity contribution in [1.82, 2.24) is 0 Å². The van der Waals surface area contributed by atoms with E-state index in [1.807, 2.05) is 51.1 Å². The number of nitrogens with one attached hydrogen (secondary N) is 1. The summed E-state index contributed by atoms with van der Waals surface area (Å²) < 4.78 is 27.4. The first-order valence-electron chi connectivity index (χ1n) is 9.23. The summed E-state index contributed by atoms with van der Waals surface area (Å²) in [6.45, 7) is 5.77. The van der Waals surface area contributed by atoms with E-state index < -0.39 is 10.0 Å². The number of rotatable bonds is 5. The number of aryl methyl sites for hydroxylation is 3. The van der Waals surface area contributed by atoms with Crippen molar-refractivity contribution in [3.8, 4) is 0 Å². The second-order valence-corrected chi connectivity index (χ2v) is 9.09. The molecule has 1 N–H and O–H groups in total. The van der Waals surface area contributed by atoms with Crippen LogP contribution in [0, 0.1) is 20.8 Å². The van der Waals surface area contributed by atoms with E-state index in [-0.39, 0.29) is 16.4 Å². The Morgan fingerprint density at radius 2 is 1.52 bits per heavy atom. The maximum atomic E-state index is 13.1. The maximum Gasteiger partial charge on any atom is 0.264 e. The van der Waals surface area contributed by atoms with Crippen LogP contribution in [0.25, 0.3) is 0 Å². The predicted molar refractivity (Wildman–Crippen MR) is 117 cm³/mol. The number of sulfonamides is 1. The zero-order valence-electron chi connectivity index (χ0n) is 16.9. The summed E-state index contributed by atoms with van der Waals surface area (Å²) in [5.74, 6) is -0.356. The third-order valence-corrected chi connectivity index (χ3v) is 6.46. The minimum Gasteiger partial charge on any atom is -0.322 e. The van der Waals surface area contributed by atoms with Crippen LogP contribution in [-0.2, 0) is 10.0 Å². The van der Waals surface area contributed by atoms with E-state index in [0.717, 1.165) is 16.7 Å². The maximum absolute atomic E-state index is 13.1. The van der Waals surface area contributed by atoms with Crippen molar-refractivity contribution in [2.45, 2.75) is 25.7 Å². The average molecular weight is 409 g/mol. The molecule has 5 nitrogen and oxygen atoms in total. The average Bonchev–Trinajstić information content (AvgIpc) is 2.67. The molecular formula is C23H24N2O3S. The second-order valence-electron chi connectivity index (χ2n) is 7.12. The summed E-state index contributed by atoms with van der Waals surface area (Å²) in [6, 6.07) is 19.1. The van der Waals surface area contributed by atoms with Crippen LogP contribution in [-0.4, -0.2) is 21.4 Å². The highest BCUT2D eigenvalue weighted by atomic mass is 32.2. The first-order chi connectivity index (χ1) is 13.7. The van der Waals surface area contributed by atoms with E-state index in [1.54, 1.807) is 24.3 Å². The van der Waals surface area contributed by atoms with Crippen molar-refractivity contribution < 1.29 is 13.2 Å². The van der Waals surface area contributed by atoms with Crippen LogP contribution < -0.4 is 9.62 Å².